The van der Waals surface area contributed by atoms with Crippen LogP contribution < -0.4 is 0 Å². The van der Waals surface area contributed by atoms with Gasteiger partial charge in [-0.3, -0.25) is 9.36 Å². The predicted octanol–water partition coefficient (Wildman–Crippen LogP) is 2.92. The first-order chi connectivity index (χ1) is 11.2. The maximum Gasteiger partial charge on any atom is 0.266 e. The van der Waals surface area contributed by atoms with Crippen LogP contribution in [0.3, 0.4) is 0 Å². The summed E-state index contributed by atoms with van der Waals surface area (Å²) in [4.78, 5) is 19.3. The van der Waals surface area contributed by atoms with Gasteiger partial charge >= 0.3 is 0 Å². The fourth-order valence-corrected chi connectivity index (χ4v) is 3.49. The molecule has 4 rings (SSSR count). The number of fused-ring (bicyclic) bond motifs is 3. The van der Waals surface area contributed by atoms with Crippen LogP contribution in [0.1, 0.15) is 26.6 Å². The van der Waals surface area contributed by atoms with Gasteiger partial charge < -0.3 is 4.90 Å². The number of carbonyl (C=O) groups is 1. The van der Waals surface area contributed by atoms with Crippen LogP contribution in [0, 0.1) is 11.8 Å². The summed E-state index contributed by atoms with van der Waals surface area (Å²) in [5, 5.41) is 1.93. The van der Waals surface area contributed by atoms with Crippen LogP contribution in [0.5, 0.6) is 0 Å². The molecule has 4 nitrogen and oxygen atoms in total. The molecule has 0 N–H and O–H groups in total. The summed E-state index contributed by atoms with van der Waals surface area (Å²) >= 11 is 1.46. The third-order valence-corrected chi connectivity index (χ3v) is 4.69. The highest BCUT2D eigenvalue weighted by molar-refractivity contribution is 7.12. The highest BCUT2D eigenvalue weighted by Crippen LogP contribution is 2.28. The van der Waals surface area contributed by atoms with Crippen LogP contribution in [0.15, 0.2) is 48.1 Å². The van der Waals surface area contributed by atoms with Crippen molar-refractivity contribution in [3.8, 4) is 17.5 Å². The summed E-state index contributed by atoms with van der Waals surface area (Å²) in [5.74, 6) is 6.32. The maximum absolute atomic E-state index is 12.4. The van der Waals surface area contributed by atoms with Gasteiger partial charge in [0, 0.05) is 12.6 Å². The standard InChI is InChI=1S/C18H13N3OS/c1-20-11-16-14(8-7-13-5-3-2-4-6-13)19-12-21(16)15-9-10-23-17(15)18(20)22/h2-6,9-10,12H,11H2,1H3. The molecular weight excluding hydrogens is 306 g/mol. The summed E-state index contributed by atoms with van der Waals surface area (Å²) < 4.78 is 1.97. The molecule has 0 unspecified atom stereocenters. The number of hydrogen-bond acceptors (Lipinski definition) is 3. The Labute approximate surface area is 138 Å². The number of amides is 1. The molecule has 112 valence electrons. The van der Waals surface area contributed by atoms with Crippen molar-refractivity contribution in [3.05, 3.63) is 69.9 Å². The number of imidazole rings is 1. The molecule has 23 heavy (non-hydrogen) atoms. The summed E-state index contributed by atoms with van der Waals surface area (Å²) in [6, 6.07) is 11.8. The van der Waals surface area contributed by atoms with Crippen molar-refractivity contribution >= 4 is 17.2 Å². The number of hydrogen-bond donors (Lipinski definition) is 0. The summed E-state index contributed by atoms with van der Waals surface area (Å²) in [6.07, 6.45) is 1.75. The minimum absolute atomic E-state index is 0.0423. The van der Waals surface area contributed by atoms with Gasteiger partial charge in [0.05, 0.1) is 17.9 Å². The topological polar surface area (TPSA) is 38.1 Å². The number of rotatable bonds is 0. The number of benzene rings is 1. The van der Waals surface area contributed by atoms with Crippen LogP contribution >= 0.6 is 11.3 Å². The molecule has 1 aromatic carbocycles. The molecule has 0 bridgehead atoms. The van der Waals surface area contributed by atoms with Gasteiger partial charge in [-0.05, 0) is 29.5 Å². The van der Waals surface area contributed by atoms with E-state index in [1.54, 1.807) is 11.2 Å². The van der Waals surface area contributed by atoms with Crippen LogP contribution in [0.4, 0.5) is 0 Å². The van der Waals surface area contributed by atoms with Gasteiger partial charge in [-0.25, -0.2) is 4.98 Å². The van der Waals surface area contributed by atoms with Gasteiger partial charge in [0.1, 0.15) is 16.9 Å². The third kappa shape index (κ3) is 2.33. The molecule has 0 spiro atoms. The molecule has 0 saturated heterocycles. The average molecular weight is 319 g/mol. The molecule has 0 atom stereocenters. The highest BCUT2D eigenvalue weighted by Gasteiger charge is 2.26. The number of thiophene rings is 1. The predicted molar refractivity (Wildman–Crippen MR) is 89.7 cm³/mol. The molecule has 0 radical (unpaired) electrons. The van der Waals surface area contributed by atoms with E-state index in [0.717, 1.165) is 21.8 Å². The summed E-state index contributed by atoms with van der Waals surface area (Å²) in [6.45, 7) is 0.499. The van der Waals surface area contributed by atoms with Gasteiger partial charge in [0.2, 0.25) is 0 Å². The van der Waals surface area contributed by atoms with E-state index in [2.05, 4.69) is 16.8 Å². The Balaban J connectivity index is 1.81. The van der Waals surface area contributed by atoms with Crippen molar-refractivity contribution in [2.45, 2.75) is 6.54 Å². The molecule has 2 aromatic heterocycles. The Bertz CT molecular complexity index is 944. The third-order valence-electron chi connectivity index (χ3n) is 3.80. The fraction of sp³-hybridized carbons (Fsp3) is 0.111. The van der Waals surface area contributed by atoms with Crippen molar-refractivity contribution in [1.29, 1.82) is 0 Å². The maximum atomic E-state index is 12.4. The fourth-order valence-electron chi connectivity index (χ4n) is 2.61. The van der Waals surface area contributed by atoms with Crippen LogP contribution in [0.25, 0.3) is 5.69 Å². The highest BCUT2D eigenvalue weighted by atomic mass is 32.1. The SMILES string of the molecule is CN1Cc2c(C#Cc3ccccc3)ncn2-c2ccsc2C1=O. The zero-order valence-corrected chi connectivity index (χ0v) is 13.3. The molecule has 1 aliphatic heterocycles. The smallest absolute Gasteiger partial charge is 0.266 e. The normalized spacial score (nSPS) is 12.9. The van der Waals surface area contributed by atoms with Crippen LogP contribution in [-0.4, -0.2) is 27.4 Å². The number of carbonyl (C=O) groups excluding carboxylic acids is 1. The lowest BCUT2D eigenvalue weighted by atomic mass is 10.2. The average Bonchev–Trinajstić information content (AvgIpc) is 3.18. The molecule has 0 saturated carbocycles. The zero-order chi connectivity index (χ0) is 15.8. The van der Waals surface area contributed by atoms with Crippen molar-refractivity contribution in [2.24, 2.45) is 0 Å². The molecular formula is C18H13N3OS. The van der Waals surface area contributed by atoms with Crippen molar-refractivity contribution in [2.75, 3.05) is 7.05 Å². The first-order valence-electron chi connectivity index (χ1n) is 7.20. The quantitative estimate of drug-likeness (QED) is 0.598. The van der Waals surface area contributed by atoms with E-state index in [1.165, 1.54) is 11.3 Å². The van der Waals surface area contributed by atoms with Crippen molar-refractivity contribution in [1.82, 2.24) is 14.5 Å². The molecule has 1 aliphatic rings. The van der Waals surface area contributed by atoms with E-state index in [1.807, 2.05) is 53.4 Å². The van der Waals surface area contributed by atoms with E-state index in [-0.39, 0.29) is 5.91 Å². The lowest BCUT2D eigenvalue weighted by Crippen LogP contribution is -2.24. The van der Waals surface area contributed by atoms with Crippen LogP contribution in [0.2, 0.25) is 0 Å². The molecule has 5 heteroatoms. The lowest BCUT2D eigenvalue weighted by molar-refractivity contribution is 0.0792. The second-order valence-electron chi connectivity index (χ2n) is 5.32. The largest absolute Gasteiger partial charge is 0.335 e. The first-order valence-corrected chi connectivity index (χ1v) is 8.08. The Morgan fingerprint density at radius 2 is 2.00 bits per heavy atom. The lowest BCUT2D eigenvalue weighted by Gasteiger charge is -2.13. The van der Waals surface area contributed by atoms with Crippen molar-refractivity contribution in [3.63, 3.8) is 0 Å². The van der Waals surface area contributed by atoms with Gasteiger partial charge in [-0.2, -0.15) is 0 Å². The van der Waals surface area contributed by atoms with Gasteiger partial charge in [0.15, 0.2) is 0 Å². The molecule has 1 amide bonds. The minimum atomic E-state index is 0.0423. The van der Waals surface area contributed by atoms with Crippen molar-refractivity contribution < 1.29 is 4.79 Å². The van der Waals surface area contributed by atoms with E-state index in [0.29, 0.717) is 12.2 Å². The van der Waals surface area contributed by atoms with Crippen LogP contribution in [-0.2, 0) is 6.54 Å². The molecule has 0 fully saturated rings. The summed E-state index contributed by atoms with van der Waals surface area (Å²) in [7, 11) is 1.81. The van der Waals surface area contributed by atoms with E-state index in [4.69, 9.17) is 0 Å². The number of aromatic nitrogens is 2. The Hall–Kier alpha value is -2.84. The Morgan fingerprint density at radius 1 is 1.17 bits per heavy atom. The second-order valence-corrected chi connectivity index (χ2v) is 6.24. The Kier molecular flexibility index (Phi) is 3.25. The van der Waals surface area contributed by atoms with E-state index in [9.17, 15) is 4.79 Å². The second kappa shape index (κ2) is 5.41. The Morgan fingerprint density at radius 3 is 2.83 bits per heavy atom. The molecule has 0 aliphatic carbocycles. The summed E-state index contributed by atoms with van der Waals surface area (Å²) in [5.41, 5.74) is 3.50. The van der Waals surface area contributed by atoms with E-state index < -0.39 is 0 Å². The van der Waals surface area contributed by atoms with Gasteiger partial charge in [-0.1, -0.05) is 24.1 Å². The van der Waals surface area contributed by atoms with E-state index >= 15 is 0 Å². The molecule has 3 heterocycles. The first kappa shape index (κ1) is 13.8. The van der Waals surface area contributed by atoms with Gasteiger partial charge in [-0.15, -0.1) is 11.3 Å². The zero-order valence-electron chi connectivity index (χ0n) is 12.5. The monoisotopic (exact) mass is 319 g/mol. The minimum Gasteiger partial charge on any atom is -0.335 e. The van der Waals surface area contributed by atoms with Gasteiger partial charge in [0.25, 0.3) is 5.91 Å². The molecule has 3 aromatic rings. The number of nitrogens with zero attached hydrogens (tertiary/aromatic N) is 3.